The van der Waals surface area contributed by atoms with E-state index in [2.05, 4.69) is 217 Å². The summed E-state index contributed by atoms with van der Waals surface area (Å²) in [5.41, 5.74) is 16.2. The standard InChI is InChI=1S/C55H38N2O/c1-55(2)46-21-10-8-18-41(46)42-32-29-37(34-47(42)55)35-26-30-39(31-27-35)57(51-25-12-20-43-44-33-28-36-14-6-7-17-40(36)53(44)58-54(43)51)50-24-13-23-49-52(50)45-19-9-11-22-48(45)56(49)38-15-4-3-5-16-38/h3-34H,1-2H3. The van der Waals surface area contributed by atoms with Crippen LogP contribution in [0, 0.1) is 0 Å². The molecule has 274 valence electrons. The second-order valence-corrected chi connectivity index (χ2v) is 16.1. The lowest BCUT2D eigenvalue weighted by Crippen LogP contribution is -2.14. The summed E-state index contributed by atoms with van der Waals surface area (Å²) in [5.74, 6) is 0. The van der Waals surface area contributed by atoms with E-state index in [1.165, 1.54) is 55.1 Å². The number of rotatable bonds is 5. The van der Waals surface area contributed by atoms with Gasteiger partial charge >= 0.3 is 0 Å². The van der Waals surface area contributed by atoms with Gasteiger partial charge in [-0.2, -0.15) is 0 Å². The fourth-order valence-corrected chi connectivity index (χ4v) is 9.82. The molecular weight excluding hydrogens is 705 g/mol. The average Bonchev–Trinajstić information content (AvgIpc) is 3.91. The average molecular weight is 743 g/mol. The van der Waals surface area contributed by atoms with Crippen molar-refractivity contribution < 1.29 is 4.42 Å². The number of hydrogen-bond donors (Lipinski definition) is 0. The zero-order chi connectivity index (χ0) is 38.5. The van der Waals surface area contributed by atoms with Gasteiger partial charge < -0.3 is 13.9 Å². The van der Waals surface area contributed by atoms with Gasteiger partial charge in [-0.3, -0.25) is 0 Å². The van der Waals surface area contributed by atoms with Crippen LogP contribution in [0.1, 0.15) is 25.0 Å². The molecule has 0 amide bonds. The van der Waals surface area contributed by atoms with Crippen LogP contribution in [0.5, 0.6) is 0 Å². The molecule has 0 spiro atoms. The lowest BCUT2D eigenvalue weighted by atomic mass is 9.81. The fraction of sp³-hybridized carbons (Fsp3) is 0.0545. The number of benzene rings is 9. The molecule has 0 atom stereocenters. The Labute approximate surface area is 336 Å². The Hall–Kier alpha value is -7.36. The maximum atomic E-state index is 7.03. The van der Waals surface area contributed by atoms with Crippen LogP contribution in [0.25, 0.3) is 82.5 Å². The highest BCUT2D eigenvalue weighted by Gasteiger charge is 2.35. The number of nitrogens with zero attached hydrogens (tertiary/aromatic N) is 2. The van der Waals surface area contributed by atoms with Gasteiger partial charge in [-0.15, -0.1) is 0 Å². The summed E-state index contributed by atoms with van der Waals surface area (Å²) < 4.78 is 9.42. The first-order valence-corrected chi connectivity index (χ1v) is 20.1. The van der Waals surface area contributed by atoms with Crippen molar-refractivity contribution in [1.82, 2.24) is 4.57 Å². The van der Waals surface area contributed by atoms with Crippen molar-refractivity contribution in [3.05, 3.63) is 205 Å². The van der Waals surface area contributed by atoms with E-state index in [0.717, 1.165) is 55.6 Å². The molecule has 2 aromatic heterocycles. The van der Waals surface area contributed by atoms with Gasteiger partial charge in [0.2, 0.25) is 0 Å². The first-order chi connectivity index (χ1) is 28.5. The smallest absolute Gasteiger partial charge is 0.159 e. The summed E-state index contributed by atoms with van der Waals surface area (Å²) in [5, 5.41) is 6.88. The molecule has 58 heavy (non-hydrogen) atoms. The van der Waals surface area contributed by atoms with Crippen LogP contribution in [0.2, 0.25) is 0 Å². The Morgan fingerprint density at radius 2 is 1.10 bits per heavy atom. The van der Waals surface area contributed by atoms with Crippen LogP contribution in [-0.2, 0) is 5.41 Å². The molecule has 1 aliphatic carbocycles. The third-order valence-electron chi connectivity index (χ3n) is 12.6. The van der Waals surface area contributed by atoms with Gasteiger partial charge in [-0.05, 0) is 99.4 Å². The molecule has 0 N–H and O–H groups in total. The van der Waals surface area contributed by atoms with Gasteiger partial charge in [0.05, 0.1) is 22.4 Å². The minimum atomic E-state index is -0.0626. The monoisotopic (exact) mass is 742 g/mol. The summed E-state index contributed by atoms with van der Waals surface area (Å²) in [7, 11) is 0. The number of para-hydroxylation sites is 3. The van der Waals surface area contributed by atoms with Gasteiger partial charge in [0.15, 0.2) is 5.58 Å². The van der Waals surface area contributed by atoms with Gasteiger partial charge in [0, 0.05) is 43.7 Å². The highest BCUT2D eigenvalue weighted by atomic mass is 16.3. The Bertz CT molecular complexity index is 3420. The number of anilines is 3. The summed E-state index contributed by atoms with van der Waals surface area (Å²) in [6.45, 7) is 4.69. The van der Waals surface area contributed by atoms with Crippen LogP contribution in [0.4, 0.5) is 17.1 Å². The van der Waals surface area contributed by atoms with Crippen molar-refractivity contribution in [2.24, 2.45) is 0 Å². The van der Waals surface area contributed by atoms with Crippen LogP contribution in [0.3, 0.4) is 0 Å². The van der Waals surface area contributed by atoms with E-state index in [1.54, 1.807) is 0 Å². The second kappa shape index (κ2) is 12.3. The molecule has 0 radical (unpaired) electrons. The van der Waals surface area contributed by atoms with E-state index in [4.69, 9.17) is 4.42 Å². The molecule has 0 saturated heterocycles. The minimum absolute atomic E-state index is 0.0626. The fourth-order valence-electron chi connectivity index (χ4n) is 9.82. The molecule has 2 heterocycles. The Morgan fingerprint density at radius 3 is 1.98 bits per heavy atom. The predicted octanol–water partition coefficient (Wildman–Crippen LogP) is 15.3. The molecule has 3 heteroatoms. The largest absolute Gasteiger partial charge is 0.453 e. The number of hydrogen-bond acceptors (Lipinski definition) is 2. The Kier molecular flexibility index (Phi) is 6.98. The first-order valence-electron chi connectivity index (χ1n) is 20.1. The molecule has 0 unspecified atom stereocenters. The van der Waals surface area contributed by atoms with Gasteiger partial charge in [0.25, 0.3) is 0 Å². The number of furan rings is 1. The minimum Gasteiger partial charge on any atom is -0.453 e. The maximum Gasteiger partial charge on any atom is 0.159 e. The summed E-state index contributed by atoms with van der Waals surface area (Å²) >= 11 is 0. The molecular formula is C55H38N2O. The predicted molar refractivity (Wildman–Crippen MR) is 243 cm³/mol. The van der Waals surface area contributed by atoms with E-state index >= 15 is 0 Å². The van der Waals surface area contributed by atoms with Crippen LogP contribution in [-0.4, -0.2) is 4.57 Å². The SMILES string of the molecule is CC1(C)c2ccccc2-c2ccc(-c3ccc(N(c4cccc5c4oc4c6ccccc6ccc54)c4cccc5c4c4ccccc4n5-c4ccccc4)cc3)cc21. The van der Waals surface area contributed by atoms with E-state index in [1.807, 2.05) is 0 Å². The maximum absolute atomic E-state index is 7.03. The highest BCUT2D eigenvalue weighted by Crippen LogP contribution is 2.51. The number of aromatic nitrogens is 1. The van der Waals surface area contributed by atoms with E-state index in [0.29, 0.717) is 0 Å². The van der Waals surface area contributed by atoms with Crippen molar-refractivity contribution in [3.63, 3.8) is 0 Å². The van der Waals surface area contributed by atoms with Crippen molar-refractivity contribution in [3.8, 4) is 27.9 Å². The number of fused-ring (bicyclic) bond motifs is 11. The molecule has 11 aromatic rings. The summed E-state index contributed by atoms with van der Waals surface area (Å²) in [6.07, 6.45) is 0. The topological polar surface area (TPSA) is 21.3 Å². The van der Waals surface area contributed by atoms with Crippen molar-refractivity contribution in [1.29, 1.82) is 0 Å². The van der Waals surface area contributed by atoms with Gasteiger partial charge in [0.1, 0.15) is 5.58 Å². The van der Waals surface area contributed by atoms with E-state index < -0.39 is 0 Å². The quantitative estimate of drug-likeness (QED) is 0.175. The van der Waals surface area contributed by atoms with Crippen LogP contribution < -0.4 is 4.90 Å². The van der Waals surface area contributed by atoms with Crippen molar-refractivity contribution >= 4 is 71.6 Å². The summed E-state index contributed by atoms with van der Waals surface area (Å²) in [4.78, 5) is 2.41. The molecule has 0 fully saturated rings. The molecule has 0 aliphatic heterocycles. The van der Waals surface area contributed by atoms with E-state index in [-0.39, 0.29) is 5.41 Å². The zero-order valence-electron chi connectivity index (χ0n) is 32.3. The van der Waals surface area contributed by atoms with Crippen molar-refractivity contribution in [2.45, 2.75) is 19.3 Å². The highest BCUT2D eigenvalue weighted by molar-refractivity contribution is 6.20. The molecule has 0 saturated carbocycles. The van der Waals surface area contributed by atoms with Crippen molar-refractivity contribution in [2.75, 3.05) is 4.90 Å². The van der Waals surface area contributed by atoms with Gasteiger partial charge in [-0.1, -0.05) is 147 Å². The molecule has 12 rings (SSSR count). The molecule has 9 aromatic carbocycles. The van der Waals surface area contributed by atoms with Crippen LogP contribution >= 0.6 is 0 Å². The molecule has 3 nitrogen and oxygen atoms in total. The molecule has 0 bridgehead atoms. The van der Waals surface area contributed by atoms with Crippen LogP contribution in [0.15, 0.2) is 199 Å². The van der Waals surface area contributed by atoms with E-state index in [9.17, 15) is 0 Å². The second-order valence-electron chi connectivity index (χ2n) is 16.1. The van der Waals surface area contributed by atoms with Gasteiger partial charge in [-0.25, -0.2) is 0 Å². The summed E-state index contributed by atoms with van der Waals surface area (Å²) in [6, 6.07) is 70.5. The normalized spacial score (nSPS) is 13.1. The zero-order valence-corrected chi connectivity index (χ0v) is 32.3. The third-order valence-corrected chi connectivity index (χ3v) is 12.6. The lowest BCUT2D eigenvalue weighted by molar-refractivity contribution is 0.660. The third kappa shape index (κ3) is 4.68. The molecule has 1 aliphatic rings. The lowest BCUT2D eigenvalue weighted by Gasteiger charge is -2.27. The first kappa shape index (κ1) is 32.8. The Balaban J connectivity index is 1.09. The Morgan fingerprint density at radius 1 is 0.448 bits per heavy atom.